The zero-order valence-corrected chi connectivity index (χ0v) is 14.6. The molecular weight excluding hydrogens is 328 g/mol. The van der Waals surface area contributed by atoms with Crippen LogP contribution in [-0.4, -0.2) is 23.0 Å². The van der Waals surface area contributed by atoms with Crippen molar-refractivity contribution in [3.63, 3.8) is 0 Å². The highest BCUT2D eigenvalue weighted by molar-refractivity contribution is 5.92. The van der Waals surface area contributed by atoms with Crippen LogP contribution in [0.5, 0.6) is 5.75 Å². The Balaban J connectivity index is 1.73. The number of carbonyl (C=O) groups is 1. The smallest absolute Gasteiger partial charge is 0.270 e. The van der Waals surface area contributed by atoms with E-state index in [0.717, 1.165) is 11.3 Å². The lowest BCUT2D eigenvalue weighted by molar-refractivity contribution is 0.0935. The molecule has 0 radical (unpaired) electrons. The molecule has 6 heteroatoms. The molecule has 26 heavy (non-hydrogen) atoms. The van der Waals surface area contributed by atoms with E-state index in [9.17, 15) is 4.79 Å². The maximum atomic E-state index is 12.5. The van der Waals surface area contributed by atoms with Crippen LogP contribution in [0.2, 0.25) is 0 Å². The van der Waals surface area contributed by atoms with Gasteiger partial charge in [-0.05, 0) is 30.7 Å². The number of hydrogen-bond acceptors (Lipinski definition) is 5. The summed E-state index contributed by atoms with van der Waals surface area (Å²) in [6, 6.07) is 18.7. The van der Waals surface area contributed by atoms with Gasteiger partial charge in [-0.3, -0.25) is 4.79 Å². The number of benzene rings is 2. The second-order valence-electron chi connectivity index (χ2n) is 5.70. The highest BCUT2D eigenvalue weighted by atomic mass is 16.5. The third-order valence-corrected chi connectivity index (χ3v) is 3.89. The van der Waals surface area contributed by atoms with Crippen molar-refractivity contribution >= 4 is 17.5 Å². The second kappa shape index (κ2) is 8.11. The molecular formula is C20H20N4O2. The largest absolute Gasteiger partial charge is 0.495 e. The van der Waals surface area contributed by atoms with E-state index in [-0.39, 0.29) is 11.9 Å². The molecule has 0 aliphatic rings. The van der Waals surface area contributed by atoms with Gasteiger partial charge in [-0.1, -0.05) is 42.5 Å². The van der Waals surface area contributed by atoms with E-state index in [1.807, 2.05) is 61.5 Å². The minimum atomic E-state index is -0.258. The summed E-state index contributed by atoms with van der Waals surface area (Å²) >= 11 is 0. The monoisotopic (exact) mass is 348 g/mol. The van der Waals surface area contributed by atoms with Crippen molar-refractivity contribution in [3.05, 3.63) is 78.1 Å². The highest BCUT2D eigenvalue weighted by Gasteiger charge is 2.14. The Morgan fingerprint density at radius 3 is 2.54 bits per heavy atom. The quantitative estimate of drug-likeness (QED) is 0.710. The number of para-hydroxylation sites is 2. The Kier molecular flexibility index (Phi) is 5.43. The van der Waals surface area contributed by atoms with Crippen molar-refractivity contribution < 1.29 is 9.53 Å². The van der Waals surface area contributed by atoms with Crippen LogP contribution in [0.15, 0.2) is 66.9 Å². The van der Waals surface area contributed by atoms with E-state index in [1.54, 1.807) is 19.4 Å². The molecule has 3 aromatic rings. The molecule has 0 saturated heterocycles. The molecule has 0 bridgehead atoms. The number of methoxy groups -OCH3 is 1. The number of ether oxygens (including phenoxy) is 1. The van der Waals surface area contributed by atoms with Crippen molar-refractivity contribution in [2.24, 2.45) is 0 Å². The van der Waals surface area contributed by atoms with E-state index in [4.69, 9.17) is 4.74 Å². The number of nitrogens with zero attached hydrogens (tertiary/aromatic N) is 2. The zero-order valence-electron chi connectivity index (χ0n) is 14.6. The lowest BCUT2D eigenvalue weighted by atomic mass is 10.1. The van der Waals surface area contributed by atoms with Crippen molar-refractivity contribution in [2.45, 2.75) is 13.0 Å². The molecule has 2 aromatic carbocycles. The number of nitrogens with one attached hydrogen (secondary N) is 2. The van der Waals surface area contributed by atoms with Gasteiger partial charge in [-0.15, -0.1) is 0 Å². The van der Waals surface area contributed by atoms with Crippen LogP contribution < -0.4 is 15.4 Å². The summed E-state index contributed by atoms with van der Waals surface area (Å²) < 4.78 is 5.30. The van der Waals surface area contributed by atoms with Crippen molar-refractivity contribution in [1.82, 2.24) is 15.3 Å². The van der Waals surface area contributed by atoms with Crippen LogP contribution in [0.1, 0.15) is 29.0 Å². The van der Waals surface area contributed by atoms with Gasteiger partial charge in [0.1, 0.15) is 11.4 Å². The van der Waals surface area contributed by atoms with Crippen LogP contribution in [0.25, 0.3) is 0 Å². The molecule has 1 amide bonds. The van der Waals surface area contributed by atoms with Crippen molar-refractivity contribution in [2.75, 3.05) is 12.4 Å². The Morgan fingerprint density at radius 1 is 1.04 bits per heavy atom. The van der Waals surface area contributed by atoms with E-state index >= 15 is 0 Å². The first-order chi connectivity index (χ1) is 12.7. The summed E-state index contributed by atoms with van der Waals surface area (Å²) in [5, 5.41) is 6.02. The lowest BCUT2D eigenvalue weighted by Crippen LogP contribution is -2.27. The standard InChI is InChI=1S/C20H20N4O2/c1-14(15-8-4-3-5-9-15)22-19(25)17-12-13-21-20(24-17)23-16-10-6-7-11-18(16)26-2/h3-14H,1-2H3,(H,22,25)(H,21,23,24). The van der Waals surface area contributed by atoms with Gasteiger partial charge in [-0.2, -0.15) is 0 Å². The summed E-state index contributed by atoms with van der Waals surface area (Å²) in [5.41, 5.74) is 2.05. The first-order valence-electron chi connectivity index (χ1n) is 8.26. The number of carbonyl (C=O) groups excluding carboxylic acids is 1. The normalized spacial score (nSPS) is 11.5. The van der Waals surface area contributed by atoms with Gasteiger partial charge in [0.25, 0.3) is 5.91 Å². The number of anilines is 2. The molecule has 3 rings (SSSR count). The fourth-order valence-corrected chi connectivity index (χ4v) is 2.51. The maximum Gasteiger partial charge on any atom is 0.270 e. The minimum Gasteiger partial charge on any atom is -0.495 e. The topological polar surface area (TPSA) is 76.1 Å². The molecule has 1 aromatic heterocycles. The van der Waals surface area contributed by atoms with Crippen molar-refractivity contribution in [1.29, 1.82) is 0 Å². The third-order valence-electron chi connectivity index (χ3n) is 3.89. The number of rotatable bonds is 6. The molecule has 1 atom stereocenters. The predicted molar refractivity (Wildman–Crippen MR) is 101 cm³/mol. The number of hydrogen-bond donors (Lipinski definition) is 2. The Hall–Kier alpha value is -3.41. The predicted octanol–water partition coefficient (Wildman–Crippen LogP) is 3.72. The molecule has 0 aliphatic heterocycles. The van der Waals surface area contributed by atoms with E-state index < -0.39 is 0 Å². The SMILES string of the molecule is COc1ccccc1Nc1nccc(C(=O)NC(C)c2ccccc2)n1. The second-order valence-corrected chi connectivity index (χ2v) is 5.70. The molecule has 0 saturated carbocycles. The molecule has 1 unspecified atom stereocenters. The third kappa shape index (κ3) is 4.16. The van der Waals surface area contributed by atoms with E-state index in [0.29, 0.717) is 17.4 Å². The van der Waals surface area contributed by atoms with Gasteiger partial charge >= 0.3 is 0 Å². The summed E-state index contributed by atoms with van der Waals surface area (Å²) in [6.07, 6.45) is 1.55. The average molecular weight is 348 g/mol. The molecule has 0 spiro atoms. The maximum absolute atomic E-state index is 12.5. The first kappa shape index (κ1) is 17.4. The Labute approximate surface area is 152 Å². The van der Waals surface area contributed by atoms with Crippen LogP contribution in [-0.2, 0) is 0 Å². The van der Waals surface area contributed by atoms with Gasteiger partial charge in [0, 0.05) is 6.20 Å². The van der Waals surface area contributed by atoms with Gasteiger partial charge in [0.15, 0.2) is 0 Å². The minimum absolute atomic E-state index is 0.121. The lowest BCUT2D eigenvalue weighted by Gasteiger charge is -2.14. The molecule has 132 valence electrons. The molecule has 0 aliphatic carbocycles. The summed E-state index contributed by atoms with van der Waals surface area (Å²) in [4.78, 5) is 21.0. The summed E-state index contributed by atoms with van der Waals surface area (Å²) in [5.74, 6) is 0.741. The van der Waals surface area contributed by atoms with Gasteiger partial charge in [0.05, 0.1) is 18.8 Å². The van der Waals surface area contributed by atoms with Crippen LogP contribution in [0.3, 0.4) is 0 Å². The van der Waals surface area contributed by atoms with E-state index in [2.05, 4.69) is 20.6 Å². The van der Waals surface area contributed by atoms with Gasteiger partial charge in [0.2, 0.25) is 5.95 Å². The van der Waals surface area contributed by atoms with Gasteiger partial charge in [-0.25, -0.2) is 9.97 Å². The first-order valence-corrected chi connectivity index (χ1v) is 8.26. The molecule has 0 fully saturated rings. The van der Waals surface area contributed by atoms with E-state index in [1.165, 1.54) is 0 Å². The average Bonchev–Trinajstić information content (AvgIpc) is 2.69. The van der Waals surface area contributed by atoms with Crippen LogP contribution in [0, 0.1) is 0 Å². The Morgan fingerprint density at radius 2 is 1.77 bits per heavy atom. The molecule has 1 heterocycles. The molecule has 6 nitrogen and oxygen atoms in total. The summed E-state index contributed by atoms with van der Waals surface area (Å²) in [6.45, 7) is 1.93. The zero-order chi connectivity index (χ0) is 18.4. The number of aromatic nitrogens is 2. The van der Waals surface area contributed by atoms with Gasteiger partial charge < -0.3 is 15.4 Å². The van der Waals surface area contributed by atoms with Crippen LogP contribution >= 0.6 is 0 Å². The van der Waals surface area contributed by atoms with Crippen molar-refractivity contribution in [3.8, 4) is 5.75 Å². The summed E-state index contributed by atoms with van der Waals surface area (Å²) in [7, 11) is 1.59. The van der Waals surface area contributed by atoms with Crippen LogP contribution in [0.4, 0.5) is 11.6 Å². The molecule has 2 N–H and O–H groups in total. The Bertz CT molecular complexity index is 884. The fraction of sp³-hybridized carbons (Fsp3) is 0.150. The number of amides is 1. The fourth-order valence-electron chi connectivity index (χ4n) is 2.51. The highest BCUT2D eigenvalue weighted by Crippen LogP contribution is 2.25.